The first kappa shape index (κ1) is 17.5. The largest absolute Gasteiger partial charge is 0.366 e. The molecule has 1 N–H and O–H groups in total. The number of anilines is 1. The van der Waals surface area contributed by atoms with Crippen LogP contribution in [0.15, 0.2) is 23.1 Å². The normalized spacial score (nSPS) is 16.6. The van der Waals surface area contributed by atoms with Crippen molar-refractivity contribution in [3.05, 3.63) is 39.6 Å². The van der Waals surface area contributed by atoms with Gasteiger partial charge in [-0.3, -0.25) is 5.10 Å². The van der Waals surface area contributed by atoms with Crippen molar-refractivity contribution in [1.29, 1.82) is 0 Å². The van der Waals surface area contributed by atoms with Gasteiger partial charge >= 0.3 is 0 Å². The molecule has 0 bridgehead atoms. The number of benzene rings is 1. The van der Waals surface area contributed by atoms with Gasteiger partial charge in [-0.05, 0) is 26.0 Å². The van der Waals surface area contributed by atoms with Gasteiger partial charge in [-0.25, -0.2) is 8.42 Å². The van der Waals surface area contributed by atoms with Crippen molar-refractivity contribution in [2.75, 3.05) is 31.1 Å². The molecular formula is C15H18Cl2N4O2S. The molecular weight excluding hydrogens is 371 g/mol. The summed E-state index contributed by atoms with van der Waals surface area (Å²) in [5.41, 5.74) is 1.81. The molecule has 2 heterocycles. The molecule has 1 aliphatic rings. The van der Waals surface area contributed by atoms with Gasteiger partial charge < -0.3 is 4.90 Å². The summed E-state index contributed by atoms with van der Waals surface area (Å²) in [6, 6.07) is 5.35. The van der Waals surface area contributed by atoms with E-state index in [-0.39, 0.29) is 4.90 Å². The maximum absolute atomic E-state index is 12.9. The van der Waals surface area contributed by atoms with Crippen LogP contribution in [0, 0.1) is 13.8 Å². The van der Waals surface area contributed by atoms with E-state index in [9.17, 15) is 8.42 Å². The first-order valence-electron chi connectivity index (χ1n) is 7.53. The number of H-pyrrole nitrogens is 1. The number of aryl methyl sites for hydroxylation is 2. The second-order valence-electron chi connectivity index (χ2n) is 5.72. The molecule has 1 saturated heterocycles. The number of para-hydroxylation sites is 1. The maximum Gasteiger partial charge on any atom is 0.246 e. The van der Waals surface area contributed by atoms with Gasteiger partial charge in [0.15, 0.2) is 0 Å². The monoisotopic (exact) mass is 388 g/mol. The van der Waals surface area contributed by atoms with Crippen LogP contribution in [0.5, 0.6) is 0 Å². The maximum atomic E-state index is 12.9. The highest BCUT2D eigenvalue weighted by Gasteiger charge is 2.32. The average Bonchev–Trinajstić information content (AvgIpc) is 2.87. The Kier molecular flexibility index (Phi) is 4.79. The number of aromatic nitrogens is 2. The van der Waals surface area contributed by atoms with Crippen LogP contribution in [0.1, 0.15) is 11.4 Å². The van der Waals surface area contributed by atoms with E-state index in [0.717, 1.165) is 5.69 Å². The minimum absolute atomic E-state index is 0.270. The number of hydrogen-bond acceptors (Lipinski definition) is 4. The van der Waals surface area contributed by atoms with Crippen molar-refractivity contribution >= 4 is 38.9 Å². The van der Waals surface area contributed by atoms with E-state index in [4.69, 9.17) is 23.2 Å². The number of sulfonamides is 1. The van der Waals surface area contributed by atoms with Crippen molar-refractivity contribution in [1.82, 2.24) is 14.5 Å². The van der Waals surface area contributed by atoms with Crippen molar-refractivity contribution < 1.29 is 8.42 Å². The molecule has 0 spiro atoms. The molecule has 9 heteroatoms. The fourth-order valence-corrected chi connectivity index (χ4v) is 5.38. The SMILES string of the molecule is Cc1n[nH]c(C)c1S(=O)(=O)N1CCN(c2c(Cl)cccc2Cl)CC1. The number of nitrogens with zero attached hydrogens (tertiary/aromatic N) is 3. The highest BCUT2D eigenvalue weighted by Crippen LogP contribution is 2.34. The Labute approximate surface area is 151 Å². The zero-order valence-electron chi connectivity index (χ0n) is 13.4. The average molecular weight is 389 g/mol. The lowest BCUT2D eigenvalue weighted by Gasteiger charge is -2.36. The predicted molar refractivity (Wildman–Crippen MR) is 95.5 cm³/mol. The van der Waals surface area contributed by atoms with E-state index in [1.54, 1.807) is 32.0 Å². The molecule has 3 rings (SSSR count). The summed E-state index contributed by atoms with van der Waals surface area (Å²) in [5, 5.41) is 7.86. The van der Waals surface area contributed by atoms with Crippen LogP contribution in [0.25, 0.3) is 0 Å². The molecule has 0 saturated carbocycles. The first-order valence-corrected chi connectivity index (χ1v) is 9.72. The minimum Gasteiger partial charge on any atom is -0.366 e. The summed E-state index contributed by atoms with van der Waals surface area (Å²) in [6.45, 7) is 5.20. The molecule has 6 nitrogen and oxygen atoms in total. The number of rotatable bonds is 3. The first-order chi connectivity index (χ1) is 11.3. The third kappa shape index (κ3) is 3.01. The number of halogens is 2. The zero-order chi connectivity index (χ0) is 17.5. The molecule has 0 atom stereocenters. The van der Waals surface area contributed by atoms with Gasteiger partial charge in [0.1, 0.15) is 4.90 Å². The van der Waals surface area contributed by atoms with Crippen LogP contribution in [-0.4, -0.2) is 49.1 Å². The molecule has 24 heavy (non-hydrogen) atoms. The van der Waals surface area contributed by atoms with Gasteiger partial charge in [-0.15, -0.1) is 0 Å². The highest BCUT2D eigenvalue weighted by atomic mass is 35.5. The molecule has 0 aliphatic carbocycles. The Bertz CT molecular complexity index is 819. The minimum atomic E-state index is -3.56. The molecule has 1 aromatic carbocycles. The van der Waals surface area contributed by atoms with Crippen LogP contribution >= 0.6 is 23.2 Å². The summed E-state index contributed by atoms with van der Waals surface area (Å²) in [6.07, 6.45) is 0. The van der Waals surface area contributed by atoms with Crippen molar-refractivity contribution in [3.63, 3.8) is 0 Å². The lowest BCUT2D eigenvalue weighted by atomic mass is 10.2. The second kappa shape index (κ2) is 6.55. The third-order valence-electron chi connectivity index (χ3n) is 4.15. The highest BCUT2D eigenvalue weighted by molar-refractivity contribution is 7.89. The van der Waals surface area contributed by atoms with E-state index in [0.29, 0.717) is 47.6 Å². The quantitative estimate of drug-likeness (QED) is 0.877. The van der Waals surface area contributed by atoms with E-state index in [1.165, 1.54) is 4.31 Å². The van der Waals surface area contributed by atoms with Crippen LogP contribution in [0.3, 0.4) is 0 Å². The molecule has 1 aliphatic heterocycles. The van der Waals surface area contributed by atoms with Crippen LogP contribution in [0.2, 0.25) is 10.0 Å². The predicted octanol–water partition coefficient (Wildman–Crippen LogP) is 2.84. The van der Waals surface area contributed by atoms with Gasteiger partial charge in [0.25, 0.3) is 0 Å². The van der Waals surface area contributed by atoms with Gasteiger partial charge in [0, 0.05) is 26.2 Å². The summed E-state index contributed by atoms with van der Waals surface area (Å²) in [4.78, 5) is 2.29. The topological polar surface area (TPSA) is 69.3 Å². The zero-order valence-corrected chi connectivity index (χ0v) is 15.7. The molecule has 130 valence electrons. The van der Waals surface area contributed by atoms with Crippen molar-refractivity contribution in [2.45, 2.75) is 18.7 Å². The van der Waals surface area contributed by atoms with Crippen LogP contribution in [0.4, 0.5) is 5.69 Å². The Balaban J connectivity index is 1.81. The Hall–Kier alpha value is -1.28. The van der Waals surface area contributed by atoms with Crippen molar-refractivity contribution in [2.24, 2.45) is 0 Å². The molecule has 1 aromatic heterocycles. The van der Waals surface area contributed by atoms with E-state index in [2.05, 4.69) is 10.2 Å². The van der Waals surface area contributed by atoms with E-state index in [1.807, 2.05) is 4.90 Å². The smallest absolute Gasteiger partial charge is 0.246 e. The van der Waals surface area contributed by atoms with Crippen LogP contribution in [-0.2, 0) is 10.0 Å². The summed E-state index contributed by atoms with van der Waals surface area (Å²) in [7, 11) is -3.56. The van der Waals surface area contributed by atoms with Gasteiger partial charge in [0.05, 0.1) is 27.1 Å². The Morgan fingerprint density at radius 1 is 1.08 bits per heavy atom. The number of aromatic amines is 1. The van der Waals surface area contributed by atoms with E-state index < -0.39 is 10.0 Å². The lowest BCUT2D eigenvalue weighted by Crippen LogP contribution is -2.49. The Morgan fingerprint density at radius 3 is 2.17 bits per heavy atom. The second-order valence-corrected chi connectivity index (χ2v) is 8.41. The lowest BCUT2D eigenvalue weighted by molar-refractivity contribution is 0.384. The molecule has 2 aromatic rings. The fraction of sp³-hybridized carbons (Fsp3) is 0.400. The molecule has 0 amide bonds. The fourth-order valence-electron chi connectivity index (χ4n) is 2.99. The number of piperazine rings is 1. The standard InChI is InChI=1S/C15H18Cl2N4O2S/c1-10-15(11(2)19-18-10)24(22,23)21-8-6-20(7-9-21)14-12(16)4-3-5-13(14)17/h3-5H,6-9H2,1-2H3,(H,18,19). The van der Waals surface area contributed by atoms with Gasteiger partial charge in [0.2, 0.25) is 10.0 Å². The summed E-state index contributed by atoms with van der Waals surface area (Å²) >= 11 is 12.5. The number of nitrogens with one attached hydrogen (secondary N) is 1. The van der Waals surface area contributed by atoms with Crippen molar-refractivity contribution in [3.8, 4) is 0 Å². The third-order valence-corrected chi connectivity index (χ3v) is 6.92. The van der Waals surface area contributed by atoms with Gasteiger partial charge in [-0.1, -0.05) is 29.3 Å². The summed E-state index contributed by atoms with van der Waals surface area (Å²) < 4.78 is 27.2. The summed E-state index contributed by atoms with van der Waals surface area (Å²) in [5.74, 6) is 0. The molecule has 0 radical (unpaired) electrons. The van der Waals surface area contributed by atoms with Gasteiger partial charge in [-0.2, -0.15) is 9.40 Å². The Morgan fingerprint density at radius 2 is 1.67 bits per heavy atom. The molecule has 0 unspecified atom stereocenters. The van der Waals surface area contributed by atoms with E-state index >= 15 is 0 Å². The van der Waals surface area contributed by atoms with Crippen LogP contribution < -0.4 is 4.90 Å². The number of hydrogen-bond donors (Lipinski definition) is 1. The molecule has 1 fully saturated rings.